The second kappa shape index (κ2) is 7.10. The fraction of sp³-hybridized carbons (Fsp3) is 0.389. The van der Waals surface area contributed by atoms with E-state index in [0.29, 0.717) is 31.1 Å². The molecule has 8 nitrogen and oxygen atoms in total. The van der Waals surface area contributed by atoms with Gasteiger partial charge in [-0.15, -0.1) is 5.10 Å². The molecular weight excluding hydrogens is 370 g/mol. The fourth-order valence-electron chi connectivity index (χ4n) is 3.57. The van der Waals surface area contributed by atoms with Crippen LogP contribution in [0.2, 0.25) is 0 Å². The summed E-state index contributed by atoms with van der Waals surface area (Å²) in [7, 11) is 0. The van der Waals surface area contributed by atoms with E-state index in [1.807, 2.05) is 0 Å². The highest BCUT2D eigenvalue weighted by Gasteiger charge is 2.27. The number of aromatic nitrogens is 5. The number of likely N-dealkylation sites (tertiary alicyclic amines) is 1. The molecule has 1 aromatic carbocycles. The smallest absolute Gasteiger partial charge is 0.281 e. The van der Waals surface area contributed by atoms with Crippen LogP contribution in [0.3, 0.4) is 0 Å². The van der Waals surface area contributed by atoms with Crippen LogP contribution in [0.25, 0.3) is 11.2 Å². The topological polar surface area (TPSA) is 96.8 Å². The molecule has 0 spiro atoms. The maximum atomic E-state index is 14.0. The molecule has 3 aromatic rings. The van der Waals surface area contributed by atoms with Gasteiger partial charge in [0.15, 0.2) is 11.2 Å². The van der Waals surface area contributed by atoms with Crippen LogP contribution in [0.1, 0.15) is 29.0 Å². The number of benzene rings is 1. The molecule has 0 unspecified atom stereocenters. The van der Waals surface area contributed by atoms with Crippen molar-refractivity contribution in [2.45, 2.75) is 26.3 Å². The van der Waals surface area contributed by atoms with Crippen molar-refractivity contribution >= 4 is 17.1 Å². The van der Waals surface area contributed by atoms with Crippen molar-refractivity contribution in [3.8, 4) is 0 Å². The molecule has 28 heavy (non-hydrogen) atoms. The Kier molecular flexibility index (Phi) is 4.62. The number of carbonyl (C=O) groups excluding carboxylic acids is 1. The number of aryl methyl sites for hydroxylation is 1. The Morgan fingerprint density at radius 1 is 1.36 bits per heavy atom. The summed E-state index contributed by atoms with van der Waals surface area (Å²) >= 11 is 0. The normalized spacial score (nSPS) is 17.2. The highest BCUT2D eigenvalue weighted by Crippen LogP contribution is 2.22. The third kappa shape index (κ3) is 3.37. The lowest BCUT2D eigenvalue weighted by Gasteiger charge is -2.32. The van der Waals surface area contributed by atoms with Gasteiger partial charge < -0.3 is 9.88 Å². The molecule has 1 fully saturated rings. The van der Waals surface area contributed by atoms with Crippen molar-refractivity contribution < 1.29 is 13.6 Å². The number of halogens is 2. The van der Waals surface area contributed by atoms with Gasteiger partial charge in [0, 0.05) is 19.6 Å². The lowest BCUT2D eigenvalue weighted by atomic mass is 9.97. The molecule has 1 atom stereocenters. The number of H-pyrrole nitrogens is 1. The van der Waals surface area contributed by atoms with Crippen LogP contribution in [0.15, 0.2) is 23.0 Å². The molecule has 2 aromatic heterocycles. The van der Waals surface area contributed by atoms with Crippen LogP contribution in [0, 0.1) is 24.5 Å². The summed E-state index contributed by atoms with van der Waals surface area (Å²) in [5.74, 6) is -1.44. The van der Waals surface area contributed by atoms with Gasteiger partial charge in [-0.05, 0) is 43.9 Å². The molecule has 146 valence electrons. The Balaban J connectivity index is 1.54. The predicted octanol–water partition coefficient (Wildman–Crippen LogP) is 1.65. The Hall–Kier alpha value is -3.17. The van der Waals surface area contributed by atoms with E-state index in [4.69, 9.17) is 0 Å². The van der Waals surface area contributed by atoms with Gasteiger partial charge in [0.2, 0.25) is 0 Å². The van der Waals surface area contributed by atoms with Crippen molar-refractivity contribution in [1.82, 2.24) is 29.9 Å². The largest absolute Gasteiger partial charge is 0.338 e. The van der Waals surface area contributed by atoms with E-state index in [-0.39, 0.29) is 22.6 Å². The molecule has 1 amide bonds. The number of piperidine rings is 1. The zero-order chi connectivity index (χ0) is 19.8. The third-order valence-corrected chi connectivity index (χ3v) is 4.89. The quantitative estimate of drug-likeness (QED) is 0.736. The number of carbonyl (C=O) groups is 1. The molecule has 0 saturated carbocycles. The maximum Gasteiger partial charge on any atom is 0.281 e. The molecule has 1 aliphatic rings. The number of nitrogens with one attached hydrogen (secondary N) is 1. The lowest BCUT2D eigenvalue weighted by molar-refractivity contribution is 0.0655. The standard InChI is InChI=1S/C18H18F2N6O2/c1-10-21-16-15(17(27)22-10)23-24-26(16)9-11-3-2-6-25(8-11)18(28)13-7-12(19)4-5-14(13)20/h4-5,7,11H,2-3,6,8-9H2,1H3,(H,21,22,27)/t11-/m0/s1. The first-order valence-corrected chi connectivity index (χ1v) is 8.97. The van der Waals surface area contributed by atoms with Crippen LogP contribution >= 0.6 is 0 Å². The second-order valence-corrected chi connectivity index (χ2v) is 6.98. The van der Waals surface area contributed by atoms with Gasteiger partial charge in [-0.1, -0.05) is 5.21 Å². The van der Waals surface area contributed by atoms with E-state index in [1.165, 1.54) is 4.90 Å². The zero-order valence-corrected chi connectivity index (χ0v) is 15.2. The molecule has 0 aliphatic carbocycles. The Labute approximate surface area is 158 Å². The first kappa shape index (κ1) is 18.2. The van der Waals surface area contributed by atoms with Crippen molar-refractivity contribution in [3.63, 3.8) is 0 Å². The molecule has 1 N–H and O–H groups in total. The molecule has 3 heterocycles. The first-order chi connectivity index (χ1) is 13.4. The highest BCUT2D eigenvalue weighted by atomic mass is 19.1. The van der Waals surface area contributed by atoms with E-state index in [0.717, 1.165) is 31.0 Å². The number of aromatic amines is 1. The average Bonchev–Trinajstić information content (AvgIpc) is 3.06. The van der Waals surface area contributed by atoms with Crippen molar-refractivity contribution in [1.29, 1.82) is 0 Å². The summed E-state index contributed by atoms with van der Waals surface area (Å²) in [5.41, 5.74) is -0.0662. The minimum atomic E-state index is -0.741. The predicted molar refractivity (Wildman–Crippen MR) is 95.7 cm³/mol. The fourth-order valence-corrected chi connectivity index (χ4v) is 3.57. The van der Waals surface area contributed by atoms with Crippen molar-refractivity contribution in [2.75, 3.05) is 13.1 Å². The van der Waals surface area contributed by atoms with Crippen LogP contribution in [0.5, 0.6) is 0 Å². The summed E-state index contributed by atoms with van der Waals surface area (Å²) in [6, 6.07) is 2.86. The Morgan fingerprint density at radius 3 is 3.00 bits per heavy atom. The van der Waals surface area contributed by atoms with Gasteiger partial charge >= 0.3 is 0 Å². The first-order valence-electron chi connectivity index (χ1n) is 8.97. The van der Waals surface area contributed by atoms with E-state index in [1.54, 1.807) is 11.6 Å². The minimum absolute atomic E-state index is 0.0283. The van der Waals surface area contributed by atoms with Gasteiger partial charge in [-0.2, -0.15) is 0 Å². The number of fused-ring (bicyclic) bond motifs is 1. The van der Waals surface area contributed by atoms with E-state index in [9.17, 15) is 18.4 Å². The molecule has 4 rings (SSSR count). The number of rotatable bonds is 3. The van der Waals surface area contributed by atoms with Gasteiger partial charge in [-0.3, -0.25) is 9.59 Å². The van der Waals surface area contributed by atoms with Crippen LogP contribution in [-0.4, -0.2) is 48.9 Å². The zero-order valence-electron chi connectivity index (χ0n) is 15.2. The molecule has 1 aliphatic heterocycles. The van der Waals surface area contributed by atoms with Crippen LogP contribution < -0.4 is 5.56 Å². The summed E-state index contributed by atoms with van der Waals surface area (Å²) in [6.45, 7) is 2.94. The monoisotopic (exact) mass is 388 g/mol. The van der Waals surface area contributed by atoms with Gasteiger partial charge in [0.05, 0.1) is 5.56 Å². The van der Waals surface area contributed by atoms with Crippen molar-refractivity contribution in [3.05, 3.63) is 51.6 Å². The summed E-state index contributed by atoms with van der Waals surface area (Å²) in [4.78, 5) is 33.0. The van der Waals surface area contributed by atoms with Gasteiger partial charge in [0.1, 0.15) is 17.5 Å². The number of hydrogen-bond donors (Lipinski definition) is 1. The summed E-state index contributed by atoms with van der Waals surface area (Å²) in [5, 5.41) is 7.90. The molecule has 10 heteroatoms. The Bertz CT molecular complexity index is 1110. The number of amides is 1. The number of hydrogen-bond acceptors (Lipinski definition) is 5. The Morgan fingerprint density at radius 2 is 2.18 bits per heavy atom. The minimum Gasteiger partial charge on any atom is -0.338 e. The molecule has 0 radical (unpaired) electrons. The maximum absolute atomic E-state index is 14.0. The van der Waals surface area contributed by atoms with Crippen molar-refractivity contribution in [2.24, 2.45) is 5.92 Å². The van der Waals surface area contributed by atoms with E-state index >= 15 is 0 Å². The molecular formula is C18H18F2N6O2. The SMILES string of the molecule is Cc1nc2c(nnn2C[C@H]2CCCN(C(=O)c3cc(F)ccc3F)C2)c(=O)[nH]1. The second-order valence-electron chi connectivity index (χ2n) is 6.98. The van der Waals surface area contributed by atoms with E-state index < -0.39 is 17.5 Å². The van der Waals surface area contributed by atoms with Gasteiger partial charge in [-0.25, -0.2) is 18.4 Å². The highest BCUT2D eigenvalue weighted by molar-refractivity contribution is 5.94. The lowest BCUT2D eigenvalue weighted by Crippen LogP contribution is -2.41. The van der Waals surface area contributed by atoms with Crippen LogP contribution in [-0.2, 0) is 6.54 Å². The van der Waals surface area contributed by atoms with Gasteiger partial charge in [0.25, 0.3) is 11.5 Å². The number of nitrogens with zero attached hydrogens (tertiary/aromatic N) is 5. The summed E-state index contributed by atoms with van der Waals surface area (Å²) in [6.07, 6.45) is 1.56. The van der Waals surface area contributed by atoms with E-state index in [2.05, 4.69) is 20.3 Å². The molecule has 1 saturated heterocycles. The van der Waals surface area contributed by atoms with Crippen LogP contribution in [0.4, 0.5) is 8.78 Å². The molecule has 0 bridgehead atoms. The third-order valence-electron chi connectivity index (χ3n) is 4.89. The summed E-state index contributed by atoms with van der Waals surface area (Å²) < 4.78 is 28.9. The average molecular weight is 388 g/mol.